The summed E-state index contributed by atoms with van der Waals surface area (Å²) in [6.45, 7) is 0.681. The third-order valence-electron chi connectivity index (χ3n) is 3.07. The van der Waals surface area contributed by atoms with E-state index in [4.69, 9.17) is 0 Å². The maximum atomic E-state index is 12.8. The number of nitrogens with zero attached hydrogens (tertiary/aromatic N) is 1. The average Bonchev–Trinajstić information content (AvgIpc) is 3.09. The predicted molar refractivity (Wildman–Crippen MR) is 68.5 cm³/mol. The van der Waals surface area contributed by atoms with Crippen LogP contribution in [0.3, 0.4) is 0 Å². The summed E-state index contributed by atoms with van der Waals surface area (Å²) in [5.74, 6) is 0. The monoisotopic (exact) mass is 338 g/mol. The molecule has 1 fully saturated rings. The number of hydrogen-bond donors (Lipinski definition) is 1. The van der Waals surface area contributed by atoms with Crippen molar-refractivity contribution >= 4 is 33.6 Å². The molecule has 0 amide bonds. The molecular weight excluding hydrogens is 329 g/mol. The molecule has 0 spiro atoms. The molecular formula is C11H10BrF3N2S. The maximum Gasteiger partial charge on any atom is 0.417 e. The third kappa shape index (κ3) is 2.23. The first-order chi connectivity index (χ1) is 8.47. The second kappa shape index (κ2) is 4.31. The Hall–Kier alpha value is -0.400. The Morgan fingerprint density at radius 1 is 1.33 bits per heavy atom. The fourth-order valence-electron chi connectivity index (χ4n) is 2.04. The molecule has 0 radical (unpaired) electrons. The summed E-state index contributed by atoms with van der Waals surface area (Å²) in [6.07, 6.45) is -2.09. The molecule has 1 aliphatic carbocycles. The van der Waals surface area contributed by atoms with Crippen LogP contribution in [0.1, 0.15) is 18.4 Å². The van der Waals surface area contributed by atoms with Crippen LogP contribution in [0, 0.1) is 0 Å². The molecule has 0 atom stereocenters. The molecule has 1 aliphatic heterocycles. The van der Waals surface area contributed by atoms with Gasteiger partial charge < -0.3 is 4.90 Å². The Bertz CT molecular complexity index is 488. The largest absolute Gasteiger partial charge is 0.417 e. The predicted octanol–water partition coefficient (Wildman–Crippen LogP) is 4.00. The van der Waals surface area contributed by atoms with Crippen LogP contribution in [-0.2, 0) is 6.18 Å². The minimum Gasteiger partial charge on any atom is -0.354 e. The van der Waals surface area contributed by atoms with Gasteiger partial charge in [-0.3, -0.25) is 0 Å². The molecule has 98 valence electrons. The minimum absolute atomic E-state index is 0.113. The molecule has 0 bridgehead atoms. The van der Waals surface area contributed by atoms with Crippen molar-refractivity contribution in [2.75, 3.05) is 11.6 Å². The van der Waals surface area contributed by atoms with Gasteiger partial charge in [0.05, 0.1) is 17.9 Å². The highest BCUT2D eigenvalue weighted by Gasteiger charge is 2.37. The number of nitrogens with one attached hydrogen (secondary N) is 1. The van der Waals surface area contributed by atoms with Gasteiger partial charge in [0, 0.05) is 15.4 Å². The van der Waals surface area contributed by atoms with Gasteiger partial charge in [0.15, 0.2) is 0 Å². The Morgan fingerprint density at radius 2 is 2.06 bits per heavy atom. The summed E-state index contributed by atoms with van der Waals surface area (Å²) in [5.41, 5.74) is 0.273. The fraction of sp³-hybridized carbons (Fsp3) is 0.455. The van der Waals surface area contributed by atoms with E-state index in [-0.39, 0.29) is 4.47 Å². The third-order valence-corrected chi connectivity index (χ3v) is 4.54. The molecule has 0 saturated heterocycles. The summed E-state index contributed by atoms with van der Waals surface area (Å²) in [7, 11) is 0. The van der Waals surface area contributed by atoms with Crippen molar-refractivity contribution in [1.29, 1.82) is 0 Å². The molecule has 3 rings (SSSR count). The van der Waals surface area contributed by atoms with Gasteiger partial charge in [0.2, 0.25) is 0 Å². The lowest BCUT2D eigenvalue weighted by Crippen LogP contribution is -2.36. The summed E-state index contributed by atoms with van der Waals surface area (Å²) in [5, 5.41) is 0. The summed E-state index contributed by atoms with van der Waals surface area (Å²) < 4.78 is 41.6. The van der Waals surface area contributed by atoms with E-state index in [0.717, 1.165) is 18.5 Å². The molecule has 2 nitrogen and oxygen atoms in total. The minimum atomic E-state index is -4.32. The molecule has 0 aromatic heterocycles. The Balaban J connectivity index is 2.05. The topological polar surface area (TPSA) is 15.3 Å². The van der Waals surface area contributed by atoms with Crippen LogP contribution in [0.25, 0.3) is 0 Å². The zero-order valence-electron chi connectivity index (χ0n) is 9.22. The van der Waals surface area contributed by atoms with Gasteiger partial charge in [-0.1, -0.05) is 15.9 Å². The van der Waals surface area contributed by atoms with E-state index in [9.17, 15) is 13.2 Å². The molecule has 1 heterocycles. The second-order valence-electron chi connectivity index (χ2n) is 4.40. The van der Waals surface area contributed by atoms with E-state index in [0.29, 0.717) is 17.6 Å². The Kier molecular flexibility index (Phi) is 3.03. The van der Waals surface area contributed by atoms with Crippen LogP contribution >= 0.6 is 27.9 Å². The fourth-order valence-corrected chi connectivity index (χ4v) is 3.42. The van der Waals surface area contributed by atoms with E-state index in [1.807, 2.05) is 0 Å². The van der Waals surface area contributed by atoms with Gasteiger partial charge in [0.1, 0.15) is 0 Å². The SMILES string of the molecule is FC(F)(F)c1cc2c(cc1Br)N(C1CC1)CNS2. The molecule has 2 aliphatic rings. The first-order valence-corrected chi connectivity index (χ1v) is 7.15. The molecule has 1 N–H and O–H groups in total. The molecule has 1 aromatic rings. The van der Waals surface area contributed by atoms with Gasteiger partial charge in [0.25, 0.3) is 0 Å². The van der Waals surface area contributed by atoms with Crippen molar-refractivity contribution in [3.8, 4) is 0 Å². The van der Waals surface area contributed by atoms with Crippen molar-refractivity contribution in [2.24, 2.45) is 0 Å². The van der Waals surface area contributed by atoms with Crippen molar-refractivity contribution in [3.05, 3.63) is 22.2 Å². The van der Waals surface area contributed by atoms with Crippen LogP contribution in [0.2, 0.25) is 0 Å². The van der Waals surface area contributed by atoms with E-state index >= 15 is 0 Å². The van der Waals surface area contributed by atoms with Crippen LogP contribution in [0.5, 0.6) is 0 Å². The van der Waals surface area contributed by atoms with Crippen molar-refractivity contribution in [3.63, 3.8) is 0 Å². The zero-order chi connectivity index (χ0) is 12.9. The van der Waals surface area contributed by atoms with E-state index in [1.165, 1.54) is 18.0 Å². The molecule has 1 aromatic carbocycles. The smallest absolute Gasteiger partial charge is 0.354 e. The Labute approximate surface area is 115 Å². The number of alkyl halides is 3. The summed E-state index contributed by atoms with van der Waals surface area (Å²) in [6, 6.07) is 3.27. The number of anilines is 1. The van der Waals surface area contributed by atoms with Crippen LogP contribution in [0.15, 0.2) is 21.5 Å². The number of benzene rings is 1. The summed E-state index contributed by atoms with van der Waals surface area (Å²) >= 11 is 4.30. The number of halogens is 4. The second-order valence-corrected chi connectivity index (χ2v) is 6.19. The van der Waals surface area contributed by atoms with Gasteiger partial charge in [-0.05, 0) is 36.9 Å². The average molecular weight is 339 g/mol. The number of fused-ring (bicyclic) bond motifs is 1. The quantitative estimate of drug-likeness (QED) is 0.779. The standard InChI is InChI=1S/C11H10BrF3N2S/c12-8-4-9-10(3-7(8)11(13,14)15)18-16-5-17(9)6-1-2-6/h3-4,6,16H,1-2,5H2. The van der Waals surface area contributed by atoms with Crippen LogP contribution in [-0.4, -0.2) is 12.7 Å². The zero-order valence-corrected chi connectivity index (χ0v) is 11.6. The first kappa shape index (κ1) is 12.6. The first-order valence-electron chi connectivity index (χ1n) is 5.54. The highest BCUT2D eigenvalue weighted by Crippen LogP contribution is 2.45. The van der Waals surface area contributed by atoms with Crippen LogP contribution < -0.4 is 9.62 Å². The van der Waals surface area contributed by atoms with Crippen LogP contribution in [0.4, 0.5) is 18.9 Å². The maximum absolute atomic E-state index is 12.8. The van der Waals surface area contributed by atoms with E-state index in [1.54, 1.807) is 6.07 Å². The molecule has 18 heavy (non-hydrogen) atoms. The van der Waals surface area contributed by atoms with Gasteiger partial charge in [-0.2, -0.15) is 13.2 Å². The van der Waals surface area contributed by atoms with Crippen molar-refractivity contribution in [1.82, 2.24) is 4.72 Å². The van der Waals surface area contributed by atoms with Gasteiger partial charge >= 0.3 is 6.18 Å². The van der Waals surface area contributed by atoms with Crippen molar-refractivity contribution in [2.45, 2.75) is 30.0 Å². The molecule has 1 saturated carbocycles. The lowest BCUT2D eigenvalue weighted by Gasteiger charge is -2.32. The molecule has 7 heteroatoms. The highest BCUT2D eigenvalue weighted by atomic mass is 79.9. The molecule has 0 unspecified atom stereocenters. The van der Waals surface area contributed by atoms with E-state index in [2.05, 4.69) is 25.6 Å². The highest BCUT2D eigenvalue weighted by molar-refractivity contribution is 9.10. The number of rotatable bonds is 1. The normalized spacial score (nSPS) is 19.9. The lowest BCUT2D eigenvalue weighted by molar-refractivity contribution is -0.138. The van der Waals surface area contributed by atoms with Gasteiger partial charge in [-0.25, -0.2) is 4.72 Å². The van der Waals surface area contributed by atoms with Crippen molar-refractivity contribution < 1.29 is 13.2 Å². The summed E-state index contributed by atoms with van der Waals surface area (Å²) in [4.78, 5) is 2.78. The van der Waals surface area contributed by atoms with E-state index < -0.39 is 11.7 Å². The lowest BCUT2D eigenvalue weighted by atomic mass is 10.2. The number of hydrogen-bond acceptors (Lipinski definition) is 3. The van der Waals surface area contributed by atoms with Gasteiger partial charge in [-0.15, -0.1) is 0 Å². The Morgan fingerprint density at radius 3 is 2.67 bits per heavy atom.